The van der Waals surface area contributed by atoms with Crippen molar-refractivity contribution in [3.63, 3.8) is 0 Å². The predicted octanol–water partition coefficient (Wildman–Crippen LogP) is 4.62. The van der Waals surface area contributed by atoms with Crippen molar-refractivity contribution in [1.82, 2.24) is 0 Å². The lowest BCUT2D eigenvalue weighted by Crippen LogP contribution is -2.21. The Labute approximate surface area is 94.8 Å². The lowest BCUT2D eigenvalue weighted by atomic mass is 9.91. The molecule has 0 nitrogen and oxygen atoms in total. The fraction of sp³-hybridized carbons (Fsp3) is 0.571. The summed E-state index contributed by atoms with van der Waals surface area (Å²) in [5, 5.41) is 1.62. The van der Waals surface area contributed by atoms with Crippen LogP contribution in [-0.4, -0.2) is 8.07 Å². The second kappa shape index (κ2) is 4.13. The van der Waals surface area contributed by atoms with Gasteiger partial charge in [-0.1, -0.05) is 55.1 Å². The number of hydrogen-bond donors (Lipinski definition) is 0. The Morgan fingerprint density at radius 3 is 2.13 bits per heavy atom. The van der Waals surface area contributed by atoms with Gasteiger partial charge in [0.05, 0.1) is 8.07 Å². The maximum atomic E-state index is 2.47. The average molecular weight is 218 g/mol. The molecule has 0 unspecified atom stereocenters. The molecule has 0 bridgehead atoms. The second-order valence-electron chi connectivity index (χ2n) is 5.80. The van der Waals surface area contributed by atoms with Gasteiger partial charge in [0.25, 0.3) is 0 Å². The van der Waals surface area contributed by atoms with E-state index in [1.807, 2.05) is 0 Å². The fourth-order valence-electron chi connectivity index (χ4n) is 2.40. The highest BCUT2D eigenvalue weighted by atomic mass is 28.3. The average Bonchev–Trinajstić information content (AvgIpc) is 2.67. The molecular formula is C14H22Si. The van der Waals surface area contributed by atoms with Crippen molar-refractivity contribution in [2.45, 2.75) is 51.7 Å². The first-order valence-electron chi connectivity index (χ1n) is 6.20. The molecule has 2 aliphatic carbocycles. The van der Waals surface area contributed by atoms with Gasteiger partial charge in [-0.2, -0.15) is 0 Å². The van der Waals surface area contributed by atoms with Crippen LogP contribution in [0.25, 0.3) is 0 Å². The van der Waals surface area contributed by atoms with Crippen molar-refractivity contribution >= 4 is 8.07 Å². The Morgan fingerprint density at radius 2 is 1.60 bits per heavy atom. The van der Waals surface area contributed by atoms with Gasteiger partial charge < -0.3 is 0 Å². The number of allylic oxidation sites excluding steroid dienone is 6. The molecule has 0 heterocycles. The van der Waals surface area contributed by atoms with Crippen LogP contribution in [-0.2, 0) is 0 Å². The van der Waals surface area contributed by atoms with Crippen LogP contribution < -0.4 is 0 Å². The summed E-state index contributed by atoms with van der Waals surface area (Å²) in [5.41, 5.74) is 3.26. The third kappa shape index (κ3) is 2.51. The minimum atomic E-state index is -1.09. The van der Waals surface area contributed by atoms with Crippen LogP contribution >= 0.6 is 0 Å². The van der Waals surface area contributed by atoms with Crippen molar-refractivity contribution < 1.29 is 0 Å². The van der Waals surface area contributed by atoms with Gasteiger partial charge in [0.15, 0.2) is 0 Å². The van der Waals surface area contributed by atoms with E-state index >= 15 is 0 Å². The van der Waals surface area contributed by atoms with Gasteiger partial charge in [-0.25, -0.2) is 0 Å². The Hall–Kier alpha value is -0.563. The van der Waals surface area contributed by atoms with Crippen LogP contribution in [0.2, 0.25) is 19.6 Å². The Kier molecular flexibility index (Phi) is 3.01. The maximum absolute atomic E-state index is 2.47. The van der Waals surface area contributed by atoms with E-state index in [1.54, 1.807) is 16.3 Å². The van der Waals surface area contributed by atoms with Gasteiger partial charge in [-0.05, 0) is 31.3 Å². The highest BCUT2D eigenvalue weighted by molar-refractivity contribution is 6.83. The third-order valence-corrected chi connectivity index (χ3v) is 5.53. The summed E-state index contributed by atoms with van der Waals surface area (Å²) >= 11 is 0. The highest BCUT2D eigenvalue weighted by Gasteiger charge is 2.21. The van der Waals surface area contributed by atoms with E-state index in [4.69, 9.17) is 0 Å². The Bertz CT molecular complexity index is 329. The van der Waals surface area contributed by atoms with Crippen LogP contribution in [0, 0.1) is 0 Å². The molecule has 82 valence electrons. The zero-order chi connectivity index (χ0) is 10.9. The van der Waals surface area contributed by atoms with Gasteiger partial charge >= 0.3 is 0 Å². The molecule has 0 aliphatic heterocycles. The molecule has 0 N–H and O–H groups in total. The molecule has 1 fully saturated rings. The SMILES string of the molecule is C[Si](C)(C)C1=CC(=C2CCCCC2)C=C1. The molecule has 0 amide bonds. The van der Waals surface area contributed by atoms with E-state index in [-0.39, 0.29) is 0 Å². The van der Waals surface area contributed by atoms with Crippen molar-refractivity contribution in [2.75, 3.05) is 0 Å². The van der Waals surface area contributed by atoms with Gasteiger partial charge in [0.1, 0.15) is 0 Å². The zero-order valence-electron chi connectivity index (χ0n) is 10.3. The molecule has 15 heavy (non-hydrogen) atoms. The molecule has 2 aliphatic rings. The summed E-state index contributed by atoms with van der Waals surface area (Å²) in [5.74, 6) is 0. The molecule has 0 aromatic rings. The second-order valence-corrected chi connectivity index (χ2v) is 10.9. The van der Waals surface area contributed by atoms with E-state index in [0.717, 1.165) is 0 Å². The summed E-state index contributed by atoms with van der Waals surface area (Å²) < 4.78 is 0. The van der Waals surface area contributed by atoms with Crippen LogP contribution in [0.1, 0.15) is 32.1 Å². The third-order valence-electron chi connectivity index (χ3n) is 3.48. The van der Waals surface area contributed by atoms with E-state index in [1.165, 1.54) is 32.1 Å². The van der Waals surface area contributed by atoms with Gasteiger partial charge in [-0.15, -0.1) is 0 Å². The lowest BCUT2D eigenvalue weighted by molar-refractivity contribution is 0.596. The smallest absolute Gasteiger partial charge is 0.0656 e. The van der Waals surface area contributed by atoms with Crippen LogP contribution in [0.3, 0.4) is 0 Å². The lowest BCUT2D eigenvalue weighted by Gasteiger charge is -2.17. The van der Waals surface area contributed by atoms with Crippen LogP contribution in [0.5, 0.6) is 0 Å². The summed E-state index contributed by atoms with van der Waals surface area (Å²) in [7, 11) is -1.09. The van der Waals surface area contributed by atoms with Gasteiger partial charge in [-0.3, -0.25) is 0 Å². The van der Waals surface area contributed by atoms with Crippen molar-refractivity contribution in [2.24, 2.45) is 0 Å². The summed E-state index contributed by atoms with van der Waals surface area (Å²) in [6.07, 6.45) is 14.1. The standard InChI is InChI=1S/C14H22Si/c1-15(2,3)14-10-9-13(11-14)12-7-5-4-6-8-12/h9-11H,4-8H2,1-3H3. The first kappa shape index (κ1) is 10.9. The molecule has 1 saturated carbocycles. The van der Waals surface area contributed by atoms with Crippen molar-refractivity contribution in [3.8, 4) is 0 Å². The van der Waals surface area contributed by atoms with E-state index in [2.05, 4.69) is 37.9 Å². The molecule has 0 spiro atoms. The quantitative estimate of drug-likeness (QED) is 0.563. The first-order valence-corrected chi connectivity index (χ1v) is 9.70. The minimum absolute atomic E-state index is 1.09. The van der Waals surface area contributed by atoms with E-state index < -0.39 is 8.07 Å². The highest BCUT2D eigenvalue weighted by Crippen LogP contribution is 2.32. The first-order chi connectivity index (χ1) is 7.07. The minimum Gasteiger partial charge on any atom is -0.0656 e. The maximum Gasteiger partial charge on any atom is 0.0776 e. The zero-order valence-corrected chi connectivity index (χ0v) is 11.3. The van der Waals surface area contributed by atoms with Crippen LogP contribution in [0.15, 0.2) is 34.6 Å². The van der Waals surface area contributed by atoms with Crippen LogP contribution in [0.4, 0.5) is 0 Å². The van der Waals surface area contributed by atoms with Gasteiger partial charge in [0, 0.05) is 0 Å². The Morgan fingerprint density at radius 1 is 0.933 bits per heavy atom. The van der Waals surface area contributed by atoms with Crippen molar-refractivity contribution in [1.29, 1.82) is 0 Å². The number of hydrogen-bond acceptors (Lipinski definition) is 0. The molecule has 0 aromatic heterocycles. The topological polar surface area (TPSA) is 0 Å². The molecule has 0 radical (unpaired) electrons. The molecule has 0 aromatic carbocycles. The normalized spacial score (nSPS) is 22.2. The molecule has 1 heteroatoms. The Balaban J connectivity index is 2.21. The molecule has 0 saturated heterocycles. The predicted molar refractivity (Wildman–Crippen MR) is 70.7 cm³/mol. The number of rotatable bonds is 1. The summed E-state index contributed by atoms with van der Waals surface area (Å²) in [6.45, 7) is 7.28. The van der Waals surface area contributed by atoms with Gasteiger partial charge in [0.2, 0.25) is 0 Å². The summed E-state index contributed by atoms with van der Waals surface area (Å²) in [6, 6.07) is 0. The molecule has 0 atom stereocenters. The molecular weight excluding hydrogens is 196 g/mol. The molecule has 2 rings (SSSR count). The summed E-state index contributed by atoms with van der Waals surface area (Å²) in [4.78, 5) is 0. The monoisotopic (exact) mass is 218 g/mol. The van der Waals surface area contributed by atoms with Crippen molar-refractivity contribution in [3.05, 3.63) is 34.6 Å². The largest absolute Gasteiger partial charge is 0.0776 e. The van der Waals surface area contributed by atoms with E-state index in [0.29, 0.717) is 0 Å². The fourth-order valence-corrected chi connectivity index (χ4v) is 3.57. The van der Waals surface area contributed by atoms with E-state index in [9.17, 15) is 0 Å².